The Kier molecular flexibility index (Phi) is 4.27. The third-order valence-electron chi connectivity index (χ3n) is 1.73. The molecule has 84 valence electrons. The van der Waals surface area contributed by atoms with Crippen molar-refractivity contribution in [3.8, 4) is 5.75 Å². The summed E-state index contributed by atoms with van der Waals surface area (Å²) < 4.78 is 18.4. The summed E-state index contributed by atoms with van der Waals surface area (Å²) in [6.07, 6.45) is 3.76. The second-order valence-corrected chi connectivity index (χ2v) is 2.96. The maximum absolute atomic E-state index is 13.4. The van der Waals surface area contributed by atoms with Crippen LogP contribution in [0.4, 0.5) is 4.39 Å². The largest absolute Gasteiger partial charge is 0.486 e. The highest BCUT2D eigenvalue weighted by Gasteiger charge is 2.02. The lowest BCUT2D eigenvalue weighted by molar-refractivity contribution is -0.131. The van der Waals surface area contributed by atoms with Crippen molar-refractivity contribution < 1.29 is 19.0 Å². The molecule has 0 aliphatic carbocycles. The normalized spacial score (nSPS) is 10.3. The van der Waals surface area contributed by atoms with Gasteiger partial charge >= 0.3 is 5.97 Å². The molecule has 16 heavy (non-hydrogen) atoms. The van der Waals surface area contributed by atoms with Crippen molar-refractivity contribution in [3.05, 3.63) is 48.3 Å². The molecule has 0 aliphatic heterocycles. The van der Waals surface area contributed by atoms with Crippen LogP contribution in [0.3, 0.4) is 0 Å². The summed E-state index contributed by atoms with van der Waals surface area (Å²) in [6.45, 7) is 3.67. The fourth-order valence-corrected chi connectivity index (χ4v) is 1.05. The highest BCUT2D eigenvalue weighted by Crippen LogP contribution is 2.19. The number of carboxylic acid groups (broad SMARTS) is 1. The number of carbonyl (C=O) groups is 1. The van der Waals surface area contributed by atoms with Gasteiger partial charge in [-0.25, -0.2) is 9.18 Å². The standard InChI is InChI=1S/C12H11FO3/c1-2-7-16-11-5-3-9(8-10(11)13)4-6-12(14)15/h2-6,8H,1,7H2,(H,14,15)/b6-4+. The van der Waals surface area contributed by atoms with E-state index in [2.05, 4.69) is 6.58 Å². The highest BCUT2D eigenvalue weighted by atomic mass is 19.1. The van der Waals surface area contributed by atoms with Crippen LogP contribution in [0.15, 0.2) is 36.9 Å². The van der Waals surface area contributed by atoms with Crippen LogP contribution in [0.2, 0.25) is 0 Å². The zero-order valence-electron chi connectivity index (χ0n) is 8.52. The predicted octanol–water partition coefficient (Wildman–Crippen LogP) is 2.49. The van der Waals surface area contributed by atoms with E-state index < -0.39 is 11.8 Å². The summed E-state index contributed by atoms with van der Waals surface area (Å²) in [5, 5.41) is 8.40. The summed E-state index contributed by atoms with van der Waals surface area (Å²) in [4.78, 5) is 10.2. The van der Waals surface area contributed by atoms with Gasteiger partial charge in [0.1, 0.15) is 6.61 Å². The van der Waals surface area contributed by atoms with Gasteiger partial charge in [-0.2, -0.15) is 0 Å². The minimum atomic E-state index is -1.08. The van der Waals surface area contributed by atoms with Crippen molar-refractivity contribution >= 4 is 12.0 Å². The monoisotopic (exact) mass is 222 g/mol. The topological polar surface area (TPSA) is 46.5 Å². The molecule has 1 aromatic carbocycles. The molecule has 0 aromatic heterocycles. The van der Waals surface area contributed by atoms with Crippen molar-refractivity contribution in [2.45, 2.75) is 0 Å². The van der Waals surface area contributed by atoms with E-state index in [-0.39, 0.29) is 12.4 Å². The summed E-state index contributed by atoms with van der Waals surface area (Å²) >= 11 is 0. The van der Waals surface area contributed by atoms with Gasteiger partial charge in [0, 0.05) is 6.08 Å². The summed E-state index contributed by atoms with van der Waals surface area (Å²) in [5.74, 6) is -1.49. The van der Waals surface area contributed by atoms with Crippen LogP contribution >= 0.6 is 0 Å². The van der Waals surface area contributed by atoms with E-state index in [1.807, 2.05) is 0 Å². The van der Waals surface area contributed by atoms with Gasteiger partial charge in [0.05, 0.1) is 0 Å². The number of aliphatic carboxylic acids is 1. The molecule has 1 rings (SSSR count). The van der Waals surface area contributed by atoms with E-state index in [1.165, 1.54) is 24.3 Å². The Bertz CT molecular complexity index is 424. The number of ether oxygens (including phenoxy) is 1. The molecule has 3 nitrogen and oxygen atoms in total. The summed E-state index contributed by atoms with van der Waals surface area (Å²) in [6, 6.07) is 4.22. The van der Waals surface area contributed by atoms with E-state index in [1.54, 1.807) is 6.07 Å². The molecule has 0 atom stereocenters. The molecule has 4 heteroatoms. The lowest BCUT2D eigenvalue weighted by Crippen LogP contribution is -1.95. The quantitative estimate of drug-likeness (QED) is 0.615. The van der Waals surface area contributed by atoms with Crippen LogP contribution in [0.1, 0.15) is 5.56 Å². The minimum Gasteiger partial charge on any atom is -0.486 e. The zero-order chi connectivity index (χ0) is 12.0. The Morgan fingerprint density at radius 1 is 1.56 bits per heavy atom. The average molecular weight is 222 g/mol. The third kappa shape index (κ3) is 3.57. The first-order chi connectivity index (χ1) is 7.63. The van der Waals surface area contributed by atoms with Crippen LogP contribution in [0.5, 0.6) is 5.75 Å². The number of hydrogen-bond donors (Lipinski definition) is 1. The molecular formula is C12H11FO3. The highest BCUT2D eigenvalue weighted by molar-refractivity contribution is 5.85. The van der Waals surface area contributed by atoms with Crippen molar-refractivity contribution in [1.29, 1.82) is 0 Å². The maximum atomic E-state index is 13.4. The Hall–Kier alpha value is -2.10. The lowest BCUT2D eigenvalue weighted by Gasteiger charge is -2.04. The van der Waals surface area contributed by atoms with Crippen molar-refractivity contribution in [1.82, 2.24) is 0 Å². The Morgan fingerprint density at radius 3 is 2.88 bits per heavy atom. The smallest absolute Gasteiger partial charge is 0.328 e. The number of halogens is 1. The molecule has 1 aromatic rings. The zero-order valence-corrected chi connectivity index (χ0v) is 8.52. The fourth-order valence-electron chi connectivity index (χ4n) is 1.05. The Balaban J connectivity index is 2.82. The van der Waals surface area contributed by atoms with Crippen molar-refractivity contribution in [3.63, 3.8) is 0 Å². The Labute approximate surface area is 92.5 Å². The third-order valence-corrected chi connectivity index (χ3v) is 1.73. The molecular weight excluding hydrogens is 211 g/mol. The van der Waals surface area contributed by atoms with Gasteiger partial charge in [-0.15, -0.1) is 0 Å². The van der Waals surface area contributed by atoms with Gasteiger partial charge < -0.3 is 9.84 Å². The molecule has 0 saturated heterocycles. The molecule has 0 fully saturated rings. The molecule has 1 N–H and O–H groups in total. The van der Waals surface area contributed by atoms with E-state index >= 15 is 0 Å². The van der Waals surface area contributed by atoms with E-state index in [0.29, 0.717) is 5.56 Å². The first kappa shape index (κ1) is 12.0. The SMILES string of the molecule is C=CCOc1ccc(/C=C/C(=O)O)cc1F. The number of hydrogen-bond acceptors (Lipinski definition) is 2. The molecule has 0 amide bonds. The molecule has 0 saturated carbocycles. The second-order valence-electron chi connectivity index (χ2n) is 2.96. The Morgan fingerprint density at radius 2 is 2.31 bits per heavy atom. The van der Waals surface area contributed by atoms with Gasteiger partial charge in [0.15, 0.2) is 11.6 Å². The molecule has 0 aliphatic rings. The van der Waals surface area contributed by atoms with Gasteiger partial charge in [-0.3, -0.25) is 0 Å². The van der Waals surface area contributed by atoms with Crippen LogP contribution < -0.4 is 4.74 Å². The molecule has 0 radical (unpaired) electrons. The van der Waals surface area contributed by atoms with Crippen LogP contribution in [0, 0.1) is 5.82 Å². The summed E-state index contributed by atoms with van der Waals surface area (Å²) in [5.41, 5.74) is 0.464. The van der Waals surface area contributed by atoms with E-state index in [0.717, 1.165) is 6.08 Å². The number of carboxylic acids is 1. The molecule has 0 spiro atoms. The van der Waals surface area contributed by atoms with Gasteiger partial charge in [0.25, 0.3) is 0 Å². The van der Waals surface area contributed by atoms with Crippen molar-refractivity contribution in [2.75, 3.05) is 6.61 Å². The molecule has 0 bridgehead atoms. The van der Waals surface area contributed by atoms with Crippen LogP contribution in [0.25, 0.3) is 6.08 Å². The predicted molar refractivity (Wildman–Crippen MR) is 58.8 cm³/mol. The van der Waals surface area contributed by atoms with Crippen LogP contribution in [-0.2, 0) is 4.79 Å². The van der Waals surface area contributed by atoms with Gasteiger partial charge in [-0.05, 0) is 23.8 Å². The average Bonchev–Trinajstić information content (AvgIpc) is 2.25. The second kappa shape index (κ2) is 5.70. The van der Waals surface area contributed by atoms with E-state index in [9.17, 15) is 9.18 Å². The van der Waals surface area contributed by atoms with Crippen molar-refractivity contribution in [2.24, 2.45) is 0 Å². The minimum absolute atomic E-state index is 0.118. The maximum Gasteiger partial charge on any atom is 0.328 e. The fraction of sp³-hybridized carbons (Fsp3) is 0.0833. The summed E-state index contributed by atoms with van der Waals surface area (Å²) in [7, 11) is 0. The number of benzene rings is 1. The molecule has 0 heterocycles. The number of rotatable bonds is 5. The molecule has 0 unspecified atom stereocenters. The van der Waals surface area contributed by atoms with Gasteiger partial charge in [0.2, 0.25) is 0 Å². The van der Waals surface area contributed by atoms with E-state index in [4.69, 9.17) is 9.84 Å². The van der Waals surface area contributed by atoms with Crippen LogP contribution in [-0.4, -0.2) is 17.7 Å². The lowest BCUT2D eigenvalue weighted by atomic mass is 10.2. The first-order valence-corrected chi connectivity index (χ1v) is 4.57. The van der Waals surface area contributed by atoms with Gasteiger partial charge in [-0.1, -0.05) is 18.7 Å². The first-order valence-electron chi connectivity index (χ1n) is 4.57.